The first kappa shape index (κ1) is 6.85. The van der Waals surface area contributed by atoms with Crippen molar-refractivity contribution in [3.63, 3.8) is 0 Å². The van der Waals surface area contributed by atoms with Crippen LogP contribution in [0.4, 0.5) is 0 Å². The van der Waals surface area contributed by atoms with Gasteiger partial charge in [-0.1, -0.05) is 5.92 Å². The molecule has 0 saturated heterocycles. The molecular formula is C6H9Cl. The van der Waals surface area contributed by atoms with Gasteiger partial charge in [0.25, 0.3) is 0 Å². The number of rotatable bonds is 0. The normalized spacial score (nSPS) is 9.71. The van der Waals surface area contributed by atoms with Crippen LogP contribution in [0.1, 0.15) is 20.8 Å². The van der Waals surface area contributed by atoms with E-state index in [2.05, 4.69) is 11.8 Å². The lowest BCUT2D eigenvalue weighted by Gasteiger charge is -2.02. The van der Waals surface area contributed by atoms with Gasteiger partial charge in [0.2, 0.25) is 0 Å². The van der Waals surface area contributed by atoms with Crippen LogP contribution in [0.15, 0.2) is 0 Å². The molecule has 0 spiro atoms. The maximum atomic E-state index is 5.66. The van der Waals surface area contributed by atoms with E-state index >= 15 is 0 Å². The summed E-state index contributed by atoms with van der Waals surface area (Å²) in [7, 11) is 0. The van der Waals surface area contributed by atoms with E-state index in [4.69, 9.17) is 11.6 Å². The second-order valence-corrected chi connectivity index (χ2v) is 2.79. The molecule has 0 nitrogen and oxygen atoms in total. The van der Waals surface area contributed by atoms with Crippen LogP contribution in [-0.2, 0) is 0 Å². The quantitative estimate of drug-likeness (QED) is 0.336. The number of alkyl halides is 1. The molecule has 0 saturated carbocycles. The van der Waals surface area contributed by atoms with Gasteiger partial charge in [-0.15, -0.1) is 17.5 Å². The molecule has 0 fully saturated rings. The predicted molar refractivity (Wildman–Crippen MR) is 33.4 cm³/mol. The third-order valence-corrected chi connectivity index (χ3v) is 0.517. The van der Waals surface area contributed by atoms with Crippen molar-refractivity contribution in [3.8, 4) is 11.8 Å². The van der Waals surface area contributed by atoms with E-state index in [1.54, 1.807) is 6.92 Å². The van der Waals surface area contributed by atoms with Crippen LogP contribution < -0.4 is 0 Å². The van der Waals surface area contributed by atoms with Crippen molar-refractivity contribution in [2.75, 3.05) is 0 Å². The summed E-state index contributed by atoms with van der Waals surface area (Å²) in [6.45, 7) is 5.51. The second kappa shape index (κ2) is 2.23. The van der Waals surface area contributed by atoms with E-state index < -0.39 is 0 Å². The zero-order valence-corrected chi connectivity index (χ0v) is 5.63. The molecule has 0 unspecified atom stereocenters. The molecule has 7 heavy (non-hydrogen) atoms. The monoisotopic (exact) mass is 116 g/mol. The highest BCUT2D eigenvalue weighted by molar-refractivity contribution is 6.25. The van der Waals surface area contributed by atoms with Gasteiger partial charge in [-0.25, -0.2) is 0 Å². The van der Waals surface area contributed by atoms with Gasteiger partial charge in [0, 0.05) is 0 Å². The third-order valence-electron chi connectivity index (χ3n) is 0.422. The van der Waals surface area contributed by atoms with Crippen molar-refractivity contribution in [2.24, 2.45) is 0 Å². The minimum absolute atomic E-state index is 0.339. The third kappa shape index (κ3) is 5.85. The van der Waals surface area contributed by atoms with E-state index in [-0.39, 0.29) is 4.87 Å². The fraction of sp³-hybridized carbons (Fsp3) is 0.667. The van der Waals surface area contributed by atoms with Gasteiger partial charge in [-0.2, -0.15) is 0 Å². The smallest absolute Gasteiger partial charge is 0.0993 e. The lowest BCUT2D eigenvalue weighted by Crippen LogP contribution is -2.04. The van der Waals surface area contributed by atoms with Gasteiger partial charge in [-0.3, -0.25) is 0 Å². The Kier molecular flexibility index (Phi) is 2.19. The van der Waals surface area contributed by atoms with Gasteiger partial charge in [0.1, 0.15) is 0 Å². The Balaban J connectivity index is 3.72. The molecule has 0 aromatic carbocycles. The van der Waals surface area contributed by atoms with Gasteiger partial charge in [-0.05, 0) is 20.8 Å². The topological polar surface area (TPSA) is 0 Å². The van der Waals surface area contributed by atoms with Gasteiger partial charge in [0.05, 0.1) is 4.87 Å². The Bertz CT molecular complexity index is 97.6. The Hall–Kier alpha value is -0.150. The minimum atomic E-state index is -0.339. The van der Waals surface area contributed by atoms with Gasteiger partial charge >= 0.3 is 0 Å². The highest BCUT2D eigenvalue weighted by Gasteiger charge is 2.05. The van der Waals surface area contributed by atoms with Crippen LogP contribution in [0.3, 0.4) is 0 Å². The maximum absolute atomic E-state index is 5.66. The summed E-state index contributed by atoms with van der Waals surface area (Å²) in [6.07, 6.45) is 0. The zero-order chi connectivity index (χ0) is 5.91. The molecule has 0 atom stereocenters. The number of hydrogen-bond acceptors (Lipinski definition) is 0. The second-order valence-electron chi connectivity index (χ2n) is 1.85. The van der Waals surface area contributed by atoms with Gasteiger partial charge < -0.3 is 0 Å². The summed E-state index contributed by atoms with van der Waals surface area (Å²) < 4.78 is 0. The van der Waals surface area contributed by atoms with Crippen LogP contribution in [0.25, 0.3) is 0 Å². The maximum Gasteiger partial charge on any atom is 0.0993 e. The Morgan fingerprint density at radius 2 is 1.86 bits per heavy atom. The largest absolute Gasteiger partial charge is 0.106 e. The molecule has 0 radical (unpaired) electrons. The molecule has 0 aromatic rings. The first-order valence-corrected chi connectivity index (χ1v) is 2.57. The van der Waals surface area contributed by atoms with Crippen LogP contribution in [-0.4, -0.2) is 4.87 Å². The molecule has 40 valence electrons. The highest BCUT2D eigenvalue weighted by atomic mass is 35.5. The summed E-state index contributed by atoms with van der Waals surface area (Å²) in [5, 5.41) is 0. The molecule has 0 N–H and O–H groups in total. The molecule has 0 aliphatic heterocycles. The molecule has 0 aromatic heterocycles. The number of halogens is 1. The van der Waals surface area contributed by atoms with Crippen molar-refractivity contribution in [2.45, 2.75) is 25.6 Å². The summed E-state index contributed by atoms with van der Waals surface area (Å²) in [5.74, 6) is 5.53. The zero-order valence-electron chi connectivity index (χ0n) is 4.88. The standard InChI is InChI=1S/C6H9Cl/c1-4-5-6(2,3)7/h1-3H3. The summed E-state index contributed by atoms with van der Waals surface area (Å²) in [4.78, 5) is -0.339. The van der Waals surface area contributed by atoms with E-state index in [0.717, 1.165) is 0 Å². The van der Waals surface area contributed by atoms with Crippen LogP contribution in [0, 0.1) is 11.8 Å². The molecule has 0 aliphatic rings. The lowest BCUT2D eigenvalue weighted by atomic mass is 10.2. The highest BCUT2D eigenvalue weighted by Crippen LogP contribution is 2.08. The van der Waals surface area contributed by atoms with Crippen molar-refractivity contribution in [1.82, 2.24) is 0 Å². The number of hydrogen-bond donors (Lipinski definition) is 0. The Morgan fingerprint density at radius 3 is 1.86 bits per heavy atom. The Morgan fingerprint density at radius 1 is 1.43 bits per heavy atom. The van der Waals surface area contributed by atoms with E-state index in [1.165, 1.54) is 0 Å². The fourth-order valence-corrected chi connectivity index (χ4v) is 0.392. The van der Waals surface area contributed by atoms with Crippen molar-refractivity contribution in [3.05, 3.63) is 0 Å². The average molecular weight is 117 g/mol. The fourth-order valence-electron chi connectivity index (χ4n) is 0.297. The van der Waals surface area contributed by atoms with Crippen LogP contribution >= 0.6 is 11.6 Å². The van der Waals surface area contributed by atoms with Crippen molar-refractivity contribution in [1.29, 1.82) is 0 Å². The van der Waals surface area contributed by atoms with E-state index in [1.807, 2.05) is 13.8 Å². The van der Waals surface area contributed by atoms with Crippen molar-refractivity contribution >= 4 is 11.6 Å². The van der Waals surface area contributed by atoms with Crippen LogP contribution in [0.2, 0.25) is 0 Å². The minimum Gasteiger partial charge on any atom is -0.106 e. The molecule has 0 heterocycles. The molecular weight excluding hydrogens is 108 g/mol. The molecule has 0 aliphatic carbocycles. The SMILES string of the molecule is CC#CC(C)(C)Cl. The average Bonchev–Trinajstić information content (AvgIpc) is 1.30. The van der Waals surface area contributed by atoms with E-state index in [9.17, 15) is 0 Å². The molecule has 0 bridgehead atoms. The molecule has 0 rings (SSSR count). The first-order valence-electron chi connectivity index (χ1n) is 2.19. The first-order chi connectivity index (χ1) is 3.06. The van der Waals surface area contributed by atoms with Crippen LogP contribution in [0.5, 0.6) is 0 Å². The molecule has 1 heteroatoms. The summed E-state index contributed by atoms with van der Waals surface area (Å²) in [5.41, 5.74) is 0. The van der Waals surface area contributed by atoms with E-state index in [0.29, 0.717) is 0 Å². The Labute approximate surface area is 49.9 Å². The summed E-state index contributed by atoms with van der Waals surface area (Å²) >= 11 is 5.66. The van der Waals surface area contributed by atoms with Crippen molar-refractivity contribution < 1.29 is 0 Å². The predicted octanol–water partition coefficient (Wildman–Crippen LogP) is 2.03. The lowest BCUT2D eigenvalue weighted by molar-refractivity contribution is 0.917. The summed E-state index contributed by atoms with van der Waals surface area (Å²) in [6, 6.07) is 0. The van der Waals surface area contributed by atoms with Gasteiger partial charge in [0.15, 0.2) is 0 Å². The molecule has 0 amide bonds.